The first kappa shape index (κ1) is 22.7. The number of anilines is 1. The smallest absolute Gasteiger partial charge is 0.266 e. The molecule has 1 aliphatic rings. The lowest BCUT2D eigenvalue weighted by Crippen LogP contribution is -2.13. The molecular weight excluding hydrogens is 435 g/mol. The largest absolute Gasteiger partial charge is 0.496 e. The van der Waals surface area contributed by atoms with E-state index in [0.29, 0.717) is 17.6 Å². The lowest BCUT2D eigenvalue weighted by molar-refractivity contribution is 0.146. The minimum atomic E-state index is -2.87. The van der Waals surface area contributed by atoms with Crippen LogP contribution in [0.3, 0.4) is 0 Å². The van der Waals surface area contributed by atoms with Gasteiger partial charge in [0.1, 0.15) is 23.2 Å². The topological polar surface area (TPSA) is 47.0 Å². The van der Waals surface area contributed by atoms with Crippen molar-refractivity contribution in [2.24, 2.45) is 0 Å². The third-order valence-electron chi connectivity index (χ3n) is 5.93. The van der Waals surface area contributed by atoms with Gasteiger partial charge in [0.15, 0.2) is 0 Å². The Bertz CT molecular complexity index is 1120. The van der Waals surface area contributed by atoms with E-state index in [1.165, 1.54) is 12.1 Å². The van der Waals surface area contributed by atoms with Crippen LogP contribution in [-0.2, 0) is 0 Å². The van der Waals surface area contributed by atoms with Crippen molar-refractivity contribution >= 4 is 28.5 Å². The standard InChI is InChI=1S/C24H26F3N3OS/c1-13(16-5-4-6-17(22(16)25)23(26)27)28-24-19-11-18(15-7-9-32-10-8-15)21(31-3)12-20(19)29-14(2)30-24/h4-6,11-13,15,23H,7-10H2,1-3H3,(H,28,29,30)/t13-/m1/s1. The number of halogens is 3. The molecule has 1 N–H and O–H groups in total. The molecule has 1 aromatic heterocycles. The predicted octanol–water partition coefficient (Wildman–Crippen LogP) is 6.81. The zero-order chi connectivity index (χ0) is 22.8. The minimum absolute atomic E-state index is 0.172. The van der Waals surface area contributed by atoms with Crippen molar-refractivity contribution in [2.45, 2.75) is 45.1 Å². The number of fused-ring (bicyclic) bond motifs is 1. The molecule has 0 amide bonds. The number of nitrogens with zero attached hydrogens (tertiary/aromatic N) is 2. The number of nitrogens with one attached hydrogen (secondary N) is 1. The lowest BCUT2D eigenvalue weighted by Gasteiger charge is -2.24. The first-order valence-corrected chi connectivity index (χ1v) is 11.8. The lowest BCUT2D eigenvalue weighted by atomic mass is 9.91. The monoisotopic (exact) mass is 461 g/mol. The highest BCUT2D eigenvalue weighted by Crippen LogP contribution is 2.40. The molecule has 1 fully saturated rings. The van der Waals surface area contributed by atoms with E-state index in [1.807, 2.05) is 17.8 Å². The van der Waals surface area contributed by atoms with E-state index in [1.54, 1.807) is 21.0 Å². The molecule has 0 aliphatic carbocycles. The van der Waals surface area contributed by atoms with Crippen LogP contribution >= 0.6 is 11.8 Å². The van der Waals surface area contributed by atoms with Crippen LogP contribution in [0.4, 0.5) is 19.0 Å². The van der Waals surface area contributed by atoms with Crippen LogP contribution in [0, 0.1) is 12.7 Å². The van der Waals surface area contributed by atoms with Gasteiger partial charge in [0, 0.05) is 17.0 Å². The molecule has 0 unspecified atom stereocenters. The highest BCUT2D eigenvalue weighted by Gasteiger charge is 2.23. The van der Waals surface area contributed by atoms with Gasteiger partial charge >= 0.3 is 0 Å². The van der Waals surface area contributed by atoms with Crippen molar-refractivity contribution in [3.05, 3.63) is 58.7 Å². The summed E-state index contributed by atoms with van der Waals surface area (Å²) in [5.74, 6) is 3.63. The van der Waals surface area contributed by atoms with Gasteiger partial charge in [-0.15, -0.1) is 0 Å². The van der Waals surface area contributed by atoms with Gasteiger partial charge in [-0.25, -0.2) is 23.1 Å². The minimum Gasteiger partial charge on any atom is -0.496 e. The van der Waals surface area contributed by atoms with Gasteiger partial charge in [-0.05, 0) is 55.7 Å². The summed E-state index contributed by atoms with van der Waals surface area (Å²) in [5, 5.41) is 4.04. The third kappa shape index (κ3) is 4.51. The molecule has 2 heterocycles. The molecule has 0 bridgehead atoms. The van der Waals surface area contributed by atoms with E-state index in [-0.39, 0.29) is 5.56 Å². The number of ether oxygens (including phenoxy) is 1. The van der Waals surface area contributed by atoms with Crippen LogP contribution in [-0.4, -0.2) is 28.6 Å². The van der Waals surface area contributed by atoms with Crippen LogP contribution in [0.1, 0.15) is 60.7 Å². The first-order chi connectivity index (χ1) is 15.4. The Morgan fingerprint density at radius 3 is 2.53 bits per heavy atom. The molecule has 1 aliphatic heterocycles. The summed E-state index contributed by atoms with van der Waals surface area (Å²) in [6.07, 6.45) is -0.721. The number of alkyl halides is 2. The van der Waals surface area contributed by atoms with Gasteiger partial charge in [-0.2, -0.15) is 11.8 Å². The van der Waals surface area contributed by atoms with Crippen LogP contribution < -0.4 is 10.1 Å². The van der Waals surface area contributed by atoms with Crippen LogP contribution in [0.25, 0.3) is 10.9 Å². The zero-order valence-corrected chi connectivity index (χ0v) is 19.1. The summed E-state index contributed by atoms with van der Waals surface area (Å²) in [5.41, 5.74) is 1.42. The maximum atomic E-state index is 14.7. The number of methoxy groups -OCH3 is 1. The van der Waals surface area contributed by atoms with Crippen molar-refractivity contribution in [2.75, 3.05) is 23.9 Å². The van der Waals surface area contributed by atoms with Crippen molar-refractivity contribution < 1.29 is 17.9 Å². The fraction of sp³-hybridized carbons (Fsp3) is 0.417. The van der Waals surface area contributed by atoms with Gasteiger partial charge in [-0.3, -0.25) is 0 Å². The number of rotatable bonds is 6. The van der Waals surface area contributed by atoms with Gasteiger partial charge in [0.25, 0.3) is 6.43 Å². The number of hydrogen-bond acceptors (Lipinski definition) is 5. The molecule has 3 aromatic rings. The Balaban J connectivity index is 1.76. The fourth-order valence-electron chi connectivity index (χ4n) is 4.26. The highest BCUT2D eigenvalue weighted by molar-refractivity contribution is 7.99. The van der Waals surface area contributed by atoms with E-state index >= 15 is 0 Å². The molecule has 1 atom stereocenters. The average molecular weight is 462 g/mol. The maximum absolute atomic E-state index is 14.7. The predicted molar refractivity (Wildman–Crippen MR) is 124 cm³/mol. The van der Waals surface area contributed by atoms with Crippen LogP contribution in [0.5, 0.6) is 5.75 Å². The molecule has 32 heavy (non-hydrogen) atoms. The van der Waals surface area contributed by atoms with Gasteiger partial charge in [-0.1, -0.05) is 18.2 Å². The Labute approximate surface area is 190 Å². The maximum Gasteiger partial charge on any atom is 0.266 e. The quantitative estimate of drug-likeness (QED) is 0.437. The second-order valence-corrected chi connectivity index (χ2v) is 9.26. The summed E-state index contributed by atoms with van der Waals surface area (Å²) >= 11 is 1.96. The van der Waals surface area contributed by atoms with E-state index in [2.05, 4.69) is 21.4 Å². The SMILES string of the molecule is COc1cc2nc(C)nc(N[C@H](C)c3cccc(C(F)F)c3F)c2cc1C1CCSCC1. The van der Waals surface area contributed by atoms with Crippen LogP contribution in [0.2, 0.25) is 0 Å². The van der Waals surface area contributed by atoms with E-state index in [4.69, 9.17) is 4.74 Å². The van der Waals surface area contributed by atoms with Gasteiger partial charge in [0.2, 0.25) is 0 Å². The van der Waals surface area contributed by atoms with Crippen molar-refractivity contribution in [1.82, 2.24) is 9.97 Å². The summed E-state index contributed by atoms with van der Waals surface area (Å²) in [6, 6.07) is 7.50. The molecule has 0 saturated carbocycles. The third-order valence-corrected chi connectivity index (χ3v) is 6.98. The van der Waals surface area contributed by atoms with Gasteiger partial charge < -0.3 is 10.1 Å². The fourth-order valence-corrected chi connectivity index (χ4v) is 5.36. The number of hydrogen-bond donors (Lipinski definition) is 1. The van der Waals surface area contributed by atoms with Crippen molar-refractivity contribution in [3.8, 4) is 5.75 Å². The molecular formula is C24H26F3N3OS. The summed E-state index contributed by atoms with van der Waals surface area (Å²) in [7, 11) is 1.66. The zero-order valence-electron chi connectivity index (χ0n) is 18.3. The summed E-state index contributed by atoms with van der Waals surface area (Å²) in [4.78, 5) is 9.12. The molecule has 1 saturated heterocycles. The Kier molecular flexibility index (Phi) is 6.79. The van der Waals surface area contributed by atoms with Crippen molar-refractivity contribution in [3.63, 3.8) is 0 Å². The van der Waals surface area contributed by atoms with E-state index in [0.717, 1.165) is 52.6 Å². The Morgan fingerprint density at radius 2 is 1.84 bits per heavy atom. The highest BCUT2D eigenvalue weighted by atomic mass is 32.2. The molecule has 8 heteroatoms. The average Bonchev–Trinajstić information content (AvgIpc) is 2.78. The Morgan fingerprint density at radius 1 is 1.12 bits per heavy atom. The van der Waals surface area contributed by atoms with Gasteiger partial charge in [0.05, 0.1) is 24.2 Å². The molecule has 170 valence electrons. The normalized spacial score (nSPS) is 15.8. The number of aromatic nitrogens is 2. The first-order valence-electron chi connectivity index (χ1n) is 10.7. The number of benzene rings is 2. The second kappa shape index (κ2) is 9.57. The molecule has 4 nitrogen and oxygen atoms in total. The van der Waals surface area contributed by atoms with Crippen molar-refractivity contribution in [1.29, 1.82) is 0 Å². The molecule has 4 rings (SSSR count). The summed E-state index contributed by atoms with van der Waals surface area (Å²) < 4.78 is 46.7. The van der Waals surface area contributed by atoms with E-state index in [9.17, 15) is 13.2 Å². The number of aryl methyl sites for hydroxylation is 1. The molecule has 0 spiro atoms. The second-order valence-electron chi connectivity index (χ2n) is 8.03. The number of thioether (sulfide) groups is 1. The summed E-state index contributed by atoms with van der Waals surface area (Å²) in [6.45, 7) is 3.52. The van der Waals surface area contributed by atoms with E-state index < -0.39 is 23.8 Å². The molecule has 0 radical (unpaired) electrons. The molecule has 2 aromatic carbocycles. The Hall–Kier alpha value is -2.48. The van der Waals surface area contributed by atoms with Crippen LogP contribution in [0.15, 0.2) is 30.3 Å².